The van der Waals surface area contributed by atoms with E-state index in [0.29, 0.717) is 0 Å². The zero-order chi connectivity index (χ0) is 16.1. The van der Waals surface area contributed by atoms with Gasteiger partial charge < -0.3 is 4.74 Å². The second-order valence-corrected chi connectivity index (χ2v) is 7.72. The number of amides is 2. The summed E-state index contributed by atoms with van der Waals surface area (Å²) in [6, 6.07) is 3.86. The molecule has 0 spiro atoms. The number of carbonyl (C=O) groups is 2. The van der Waals surface area contributed by atoms with Crippen molar-refractivity contribution < 1.29 is 14.3 Å². The molecule has 2 amide bonds. The predicted octanol–water partition coefficient (Wildman–Crippen LogP) is 1.90. The first kappa shape index (κ1) is 17.4. The molecule has 1 aromatic heterocycles. The van der Waals surface area contributed by atoms with Gasteiger partial charge in [0.1, 0.15) is 0 Å². The van der Waals surface area contributed by atoms with Crippen LogP contribution in [0.3, 0.4) is 0 Å². The quantitative estimate of drug-likeness (QED) is 0.851. The highest BCUT2D eigenvalue weighted by Gasteiger charge is 2.26. The molecule has 1 fully saturated rings. The van der Waals surface area contributed by atoms with E-state index in [4.69, 9.17) is 0 Å². The minimum atomic E-state index is -0.709. The van der Waals surface area contributed by atoms with E-state index in [-0.39, 0.29) is 11.9 Å². The number of alkyl carbamates (subject to hydrolysis) is 1. The van der Waals surface area contributed by atoms with E-state index < -0.39 is 6.09 Å². The highest BCUT2D eigenvalue weighted by molar-refractivity contribution is 9.11. The fraction of sp³-hybridized carbons (Fsp3) is 0.571. The van der Waals surface area contributed by atoms with Crippen molar-refractivity contribution in [3.05, 3.63) is 20.8 Å². The summed E-state index contributed by atoms with van der Waals surface area (Å²) in [5.74, 6) is -0.317. The van der Waals surface area contributed by atoms with Crippen LogP contribution in [0.25, 0.3) is 0 Å². The molecule has 0 bridgehead atoms. The smallest absolute Gasteiger partial charge is 0.413 e. The molecule has 1 aromatic rings. The Labute approximate surface area is 142 Å². The maximum Gasteiger partial charge on any atom is 0.413 e. The molecule has 2 rings (SSSR count). The highest BCUT2D eigenvalue weighted by atomic mass is 79.9. The molecule has 8 heteroatoms. The summed E-state index contributed by atoms with van der Waals surface area (Å²) in [5, 5.41) is 2.22. The molecule has 122 valence electrons. The summed E-state index contributed by atoms with van der Waals surface area (Å²) in [7, 11) is 1.25. The van der Waals surface area contributed by atoms with Crippen LogP contribution in [-0.4, -0.2) is 61.1 Å². The Morgan fingerprint density at radius 2 is 2.05 bits per heavy atom. The van der Waals surface area contributed by atoms with Crippen LogP contribution in [0.15, 0.2) is 15.9 Å². The fourth-order valence-corrected chi connectivity index (χ4v) is 3.91. The standard InChI is InChI=1S/C14H20BrN3O3S/c1-10(13(19)16-14(20)21-2)18-7-5-17(6-8-18)9-11-3-4-12(15)22-11/h3-4,10H,5-9H2,1-2H3,(H,16,19,20)/t10-/m1/s1. The first-order valence-corrected chi connectivity index (χ1v) is 8.70. The van der Waals surface area contributed by atoms with Crippen LogP contribution in [0, 0.1) is 0 Å². The minimum absolute atomic E-state index is 0.317. The molecule has 1 atom stereocenters. The van der Waals surface area contributed by atoms with E-state index in [1.807, 2.05) is 6.92 Å². The summed E-state index contributed by atoms with van der Waals surface area (Å²) in [6.45, 7) is 6.18. The number of nitrogens with one attached hydrogen (secondary N) is 1. The molecular weight excluding hydrogens is 370 g/mol. The van der Waals surface area contributed by atoms with Crippen molar-refractivity contribution in [3.8, 4) is 0 Å². The number of ether oxygens (including phenoxy) is 1. The van der Waals surface area contributed by atoms with Gasteiger partial charge in [-0.25, -0.2) is 4.79 Å². The Bertz CT molecular complexity index is 529. The largest absolute Gasteiger partial charge is 0.453 e. The Balaban J connectivity index is 1.78. The molecule has 0 unspecified atom stereocenters. The van der Waals surface area contributed by atoms with E-state index >= 15 is 0 Å². The maximum atomic E-state index is 11.9. The average molecular weight is 390 g/mol. The average Bonchev–Trinajstić information content (AvgIpc) is 2.92. The van der Waals surface area contributed by atoms with Crippen molar-refractivity contribution in [3.63, 3.8) is 0 Å². The van der Waals surface area contributed by atoms with Crippen LogP contribution < -0.4 is 5.32 Å². The van der Waals surface area contributed by atoms with Crippen molar-refractivity contribution in [2.75, 3.05) is 33.3 Å². The summed E-state index contributed by atoms with van der Waals surface area (Å²) in [4.78, 5) is 28.8. The minimum Gasteiger partial charge on any atom is -0.453 e. The molecule has 1 saturated heterocycles. The zero-order valence-corrected chi connectivity index (χ0v) is 15.1. The molecule has 0 aromatic carbocycles. The lowest BCUT2D eigenvalue weighted by Gasteiger charge is -2.37. The molecule has 2 heterocycles. The number of thiophene rings is 1. The fourth-order valence-electron chi connectivity index (χ4n) is 2.39. The Morgan fingerprint density at radius 1 is 1.36 bits per heavy atom. The SMILES string of the molecule is COC(=O)NC(=O)[C@@H](C)N1CCN(Cc2ccc(Br)s2)CC1. The number of rotatable bonds is 4. The number of piperazine rings is 1. The van der Waals surface area contributed by atoms with Crippen LogP contribution in [0.1, 0.15) is 11.8 Å². The monoisotopic (exact) mass is 389 g/mol. The van der Waals surface area contributed by atoms with E-state index in [1.165, 1.54) is 12.0 Å². The third-order valence-corrected chi connectivity index (χ3v) is 5.36. The molecule has 1 aliphatic heterocycles. The third-order valence-electron chi connectivity index (χ3n) is 3.75. The topological polar surface area (TPSA) is 61.9 Å². The maximum absolute atomic E-state index is 11.9. The van der Waals surface area contributed by atoms with Gasteiger partial charge in [0.15, 0.2) is 0 Å². The van der Waals surface area contributed by atoms with E-state index in [9.17, 15) is 9.59 Å². The summed E-state index contributed by atoms with van der Waals surface area (Å²) in [6.07, 6.45) is -0.709. The number of imide groups is 1. The lowest BCUT2D eigenvalue weighted by atomic mass is 10.2. The molecule has 1 N–H and O–H groups in total. The lowest BCUT2D eigenvalue weighted by Crippen LogP contribution is -2.54. The van der Waals surface area contributed by atoms with Crippen LogP contribution >= 0.6 is 27.3 Å². The van der Waals surface area contributed by atoms with Crippen molar-refractivity contribution in [2.24, 2.45) is 0 Å². The highest BCUT2D eigenvalue weighted by Crippen LogP contribution is 2.23. The van der Waals surface area contributed by atoms with Gasteiger partial charge in [-0.2, -0.15) is 0 Å². The van der Waals surface area contributed by atoms with Crippen molar-refractivity contribution in [1.82, 2.24) is 15.1 Å². The van der Waals surface area contributed by atoms with Gasteiger partial charge in [0.2, 0.25) is 5.91 Å². The molecule has 0 radical (unpaired) electrons. The van der Waals surface area contributed by atoms with Gasteiger partial charge in [0, 0.05) is 37.6 Å². The molecule has 1 aliphatic rings. The molecule has 0 aliphatic carbocycles. The Morgan fingerprint density at radius 3 is 2.59 bits per heavy atom. The number of nitrogens with zero attached hydrogens (tertiary/aromatic N) is 2. The summed E-state index contributed by atoms with van der Waals surface area (Å²) >= 11 is 5.23. The van der Waals surface area contributed by atoms with Crippen LogP contribution in [0.4, 0.5) is 4.79 Å². The summed E-state index contributed by atoms with van der Waals surface area (Å²) < 4.78 is 5.59. The summed E-state index contributed by atoms with van der Waals surface area (Å²) in [5.41, 5.74) is 0. The zero-order valence-electron chi connectivity index (χ0n) is 12.7. The van der Waals surface area contributed by atoms with Crippen LogP contribution in [0.5, 0.6) is 0 Å². The van der Waals surface area contributed by atoms with Crippen molar-refractivity contribution in [2.45, 2.75) is 19.5 Å². The van der Waals surface area contributed by atoms with Crippen LogP contribution in [-0.2, 0) is 16.1 Å². The van der Waals surface area contributed by atoms with Crippen molar-refractivity contribution in [1.29, 1.82) is 0 Å². The van der Waals surface area contributed by atoms with Gasteiger partial charge in [-0.15, -0.1) is 11.3 Å². The van der Waals surface area contributed by atoms with Gasteiger partial charge in [0.25, 0.3) is 0 Å². The second kappa shape index (κ2) is 8.05. The van der Waals surface area contributed by atoms with Gasteiger partial charge >= 0.3 is 6.09 Å². The molecule has 0 saturated carbocycles. The van der Waals surface area contributed by atoms with Crippen LogP contribution in [0.2, 0.25) is 0 Å². The van der Waals surface area contributed by atoms with Gasteiger partial charge in [0.05, 0.1) is 16.9 Å². The number of hydrogen-bond acceptors (Lipinski definition) is 6. The first-order valence-electron chi connectivity index (χ1n) is 7.09. The number of halogens is 1. The van der Waals surface area contributed by atoms with E-state index in [2.05, 4.69) is 47.9 Å². The molecular formula is C14H20BrN3O3S. The van der Waals surface area contributed by atoms with E-state index in [1.54, 1.807) is 11.3 Å². The number of methoxy groups -OCH3 is 1. The third kappa shape index (κ3) is 4.77. The number of carbonyl (C=O) groups excluding carboxylic acids is 2. The lowest BCUT2D eigenvalue weighted by molar-refractivity contribution is -0.125. The predicted molar refractivity (Wildman–Crippen MR) is 88.9 cm³/mol. The Kier molecular flexibility index (Phi) is 6.37. The molecule has 6 nitrogen and oxygen atoms in total. The number of hydrogen-bond donors (Lipinski definition) is 1. The van der Waals surface area contributed by atoms with Gasteiger partial charge in [-0.1, -0.05) is 0 Å². The second-order valence-electron chi connectivity index (χ2n) is 5.17. The Hall–Kier alpha value is -0.960. The molecule has 22 heavy (non-hydrogen) atoms. The normalized spacial score (nSPS) is 18.0. The first-order chi connectivity index (χ1) is 10.5. The van der Waals surface area contributed by atoms with Crippen molar-refractivity contribution >= 4 is 39.3 Å². The van der Waals surface area contributed by atoms with E-state index in [0.717, 1.165) is 36.5 Å². The van der Waals surface area contributed by atoms with Gasteiger partial charge in [-0.05, 0) is 35.0 Å². The van der Waals surface area contributed by atoms with Gasteiger partial charge in [-0.3, -0.25) is 19.9 Å².